The van der Waals surface area contributed by atoms with Crippen molar-refractivity contribution in [2.75, 3.05) is 12.4 Å². The number of hydrogen-bond acceptors (Lipinski definition) is 3. The maximum Gasteiger partial charge on any atom is 0.157 e. The van der Waals surface area contributed by atoms with Crippen molar-refractivity contribution >= 4 is 16.9 Å². The Bertz CT molecular complexity index is 343. The number of aliphatic imine (C=N–C) groups is 1. The summed E-state index contributed by atoms with van der Waals surface area (Å²) in [6.07, 6.45) is 6.61. The Kier molecular flexibility index (Phi) is 3.59. The second-order valence-electron chi connectivity index (χ2n) is 6.10. The SMILES string of the molecule is CCC1(C)CCSC(=NC2CCOC2C2CC2)N1. The van der Waals surface area contributed by atoms with Gasteiger partial charge in [0, 0.05) is 17.9 Å². The predicted octanol–water partition coefficient (Wildman–Crippen LogP) is 2.81. The van der Waals surface area contributed by atoms with E-state index in [9.17, 15) is 0 Å². The minimum Gasteiger partial charge on any atom is -0.376 e. The Morgan fingerprint density at radius 3 is 3.00 bits per heavy atom. The van der Waals surface area contributed by atoms with Gasteiger partial charge in [0.05, 0.1) is 12.1 Å². The molecule has 0 radical (unpaired) electrons. The summed E-state index contributed by atoms with van der Waals surface area (Å²) in [5.41, 5.74) is 0.249. The lowest BCUT2D eigenvalue weighted by atomic mass is 9.96. The largest absolute Gasteiger partial charge is 0.376 e. The molecule has 3 aliphatic rings. The Hall–Kier alpha value is -0.220. The number of hydrogen-bond donors (Lipinski definition) is 1. The minimum atomic E-state index is 0.249. The van der Waals surface area contributed by atoms with Gasteiger partial charge in [-0.15, -0.1) is 0 Å². The summed E-state index contributed by atoms with van der Waals surface area (Å²) in [4.78, 5) is 4.96. The van der Waals surface area contributed by atoms with Crippen LogP contribution in [0.1, 0.15) is 46.0 Å². The van der Waals surface area contributed by atoms with Crippen LogP contribution in [0.5, 0.6) is 0 Å². The van der Waals surface area contributed by atoms with Crippen LogP contribution in [0, 0.1) is 5.92 Å². The summed E-state index contributed by atoms with van der Waals surface area (Å²) in [7, 11) is 0. The standard InChI is InChI=1S/C14H24N2OS/c1-3-14(2)7-9-18-13(16-14)15-11-6-8-17-12(11)10-4-5-10/h10-12H,3-9H2,1-2H3,(H,15,16). The van der Waals surface area contributed by atoms with Gasteiger partial charge in [0.1, 0.15) is 0 Å². The lowest BCUT2D eigenvalue weighted by molar-refractivity contribution is 0.0875. The number of rotatable bonds is 3. The molecule has 2 heterocycles. The molecule has 4 heteroatoms. The van der Waals surface area contributed by atoms with E-state index in [1.807, 2.05) is 11.8 Å². The number of amidine groups is 1. The van der Waals surface area contributed by atoms with Crippen molar-refractivity contribution in [3.63, 3.8) is 0 Å². The third-order valence-corrected chi connectivity index (χ3v) is 5.44. The highest BCUT2D eigenvalue weighted by atomic mass is 32.2. The molecule has 3 rings (SSSR count). The lowest BCUT2D eigenvalue weighted by Gasteiger charge is -2.35. The molecule has 3 unspecified atom stereocenters. The minimum absolute atomic E-state index is 0.249. The molecular formula is C14H24N2OS. The zero-order valence-corrected chi connectivity index (χ0v) is 12.3. The van der Waals surface area contributed by atoms with Crippen molar-refractivity contribution in [1.82, 2.24) is 5.32 Å². The summed E-state index contributed by atoms with van der Waals surface area (Å²) >= 11 is 1.89. The molecule has 3 atom stereocenters. The van der Waals surface area contributed by atoms with Gasteiger partial charge in [0.25, 0.3) is 0 Å². The predicted molar refractivity (Wildman–Crippen MR) is 77.2 cm³/mol. The van der Waals surface area contributed by atoms with Crippen LogP contribution in [0.15, 0.2) is 4.99 Å². The van der Waals surface area contributed by atoms with Crippen LogP contribution < -0.4 is 5.32 Å². The molecule has 1 aliphatic carbocycles. The monoisotopic (exact) mass is 268 g/mol. The molecule has 2 saturated heterocycles. The van der Waals surface area contributed by atoms with Crippen molar-refractivity contribution in [2.45, 2.75) is 63.6 Å². The van der Waals surface area contributed by atoms with Crippen molar-refractivity contribution in [2.24, 2.45) is 10.9 Å². The summed E-state index contributed by atoms with van der Waals surface area (Å²) in [6, 6.07) is 0.409. The average molecular weight is 268 g/mol. The first-order chi connectivity index (χ1) is 8.70. The maximum absolute atomic E-state index is 5.87. The fourth-order valence-electron chi connectivity index (χ4n) is 2.83. The highest BCUT2D eigenvalue weighted by Crippen LogP contribution is 2.40. The first kappa shape index (κ1) is 12.8. The molecular weight excluding hydrogens is 244 g/mol. The van der Waals surface area contributed by atoms with Crippen LogP contribution in [0.4, 0.5) is 0 Å². The van der Waals surface area contributed by atoms with Gasteiger partial charge in [-0.05, 0) is 44.9 Å². The number of nitrogens with one attached hydrogen (secondary N) is 1. The summed E-state index contributed by atoms with van der Waals surface area (Å²) in [5, 5.41) is 4.80. The topological polar surface area (TPSA) is 33.6 Å². The van der Waals surface area contributed by atoms with Gasteiger partial charge >= 0.3 is 0 Å². The van der Waals surface area contributed by atoms with Gasteiger partial charge in [0.15, 0.2) is 5.17 Å². The molecule has 3 nitrogen and oxygen atoms in total. The number of nitrogens with zero attached hydrogens (tertiary/aromatic N) is 1. The molecule has 0 aromatic carbocycles. The first-order valence-corrected chi connectivity index (χ1v) is 8.29. The second-order valence-corrected chi connectivity index (χ2v) is 7.18. The molecule has 0 aromatic heterocycles. The van der Waals surface area contributed by atoms with E-state index >= 15 is 0 Å². The van der Waals surface area contributed by atoms with E-state index in [4.69, 9.17) is 9.73 Å². The van der Waals surface area contributed by atoms with E-state index in [-0.39, 0.29) is 5.54 Å². The zero-order chi connectivity index (χ0) is 12.6. The fraction of sp³-hybridized carbons (Fsp3) is 0.929. The molecule has 102 valence electrons. The second kappa shape index (κ2) is 5.04. The molecule has 2 aliphatic heterocycles. The van der Waals surface area contributed by atoms with E-state index in [1.165, 1.54) is 31.4 Å². The molecule has 0 spiro atoms. The quantitative estimate of drug-likeness (QED) is 0.854. The van der Waals surface area contributed by atoms with Crippen LogP contribution in [-0.4, -0.2) is 35.2 Å². The van der Waals surface area contributed by atoms with E-state index in [2.05, 4.69) is 19.2 Å². The molecule has 18 heavy (non-hydrogen) atoms. The van der Waals surface area contributed by atoms with Gasteiger partial charge in [-0.1, -0.05) is 18.7 Å². The molecule has 1 saturated carbocycles. The van der Waals surface area contributed by atoms with Crippen LogP contribution in [0.2, 0.25) is 0 Å². The summed E-state index contributed by atoms with van der Waals surface area (Å²) in [6.45, 7) is 5.47. The van der Waals surface area contributed by atoms with Crippen LogP contribution in [-0.2, 0) is 4.74 Å². The van der Waals surface area contributed by atoms with E-state index < -0.39 is 0 Å². The van der Waals surface area contributed by atoms with Gasteiger partial charge in [-0.25, -0.2) is 0 Å². The van der Waals surface area contributed by atoms with Gasteiger partial charge in [-0.3, -0.25) is 4.99 Å². The molecule has 3 fully saturated rings. The van der Waals surface area contributed by atoms with Crippen LogP contribution >= 0.6 is 11.8 Å². The first-order valence-electron chi connectivity index (χ1n) is 7.30. The van der Waals surface area contributed by atoms with Crippen molar-refractivity contribution < 1.29 is 4.74 Å². The Morgan fingerprint density at radius 2 is 2.28 bits per heavy atom. The van der Waals surface area contributed by atoms with Gasteiger partial charge < -0.3 is 10.1 Å². The zero-order valence-electron chi connectivity index (χ0n) is 11.4. The van der Waals surface area contributed by atoms with Crippen LogP contribution in [0.3, 0.4) is 0 Å². The van der Waals surface area contributed by atoms with E-state index in [1.54, 1.807) is 0 Å². The highest BCUT2D eigenvalue weighted by Gasteiger charge is 2.41. The van der Waals surface area contributed by atoms with Gasteiger partial charge in [0.2, 0.25) is 0 Å². The summed E-state index contributed by atoms with van der Waals surface area (Å²) in [5.74, 6) is 1.99. The third-order valence-electron chi connectivity index (χ3n) is 4.55. The number of thioether (sulfide) groups is 1. The van der Waals surface area contributed by atoms with Crippen molar-refractivity contribution in [3.05, 3.63) is 0 Å². The molecule has 0 amide bonds. The van der Waals surface area contributed by atoms with Crippen molar-refractivity contribution in [3.8, 4) is 0 Å². The van der Waals surface area contributed by atoms with E-state index in [0.717, 1.165) is 24.1 Å². The Morgan fingerprint density at radius 1 is 1.44 bits per heavy atom. The number of ether oxygens (including phenoxy) is 1. The van der Waals surface area contributed by atoms with E-state index in [0.29, 0.717) is 12.1 Å². The highest BCUT2D eigenvalue weighted by molar-refractivity contribution is 8.13. The smallest absolute Gasteiger partial charge is 0.157 e. The normalized spacial score (nSPS) is 43.1. The molecule has 0 bridgehead atoms. The van der Waals surface area contributed by atoms with Crippen molar-refractivity contribution in [1.29, 1.82) is 0 Å². The Labute approximate surface area is 114 Å². The Balaban J connectivity index is 1.67. The maximum atomic E-state index is 5.87. The van der Waals surface area contributed by atoms with Crippen LogP contribution in [0.25, 0.3) is 0 Å². The van der Waals surface area contributed by atoms with Gasteiger partial charge in [-0.2, -0.15) is 0 Å². The summed E-state index contributed by atoms with van der Waals surface area (Å²) < 4.78 is 5.87. The molecule has 0 aromatic rings. The fourth-order valence-corrected chi connectivity index (χ4v) is 4.10. The third kappa shape index (κ3) is 2.69. The lowest BCUT2D eigenvalue weighted by Crippen LogP contribution is -2.48. The molecule has 1 N–H and O–H groups in total. The average Bonchev–Trinajstić information content (AvgIpc) is 3.11.